The summed E-state index contributed by atoms with van der Waals surface area (Å²) in [6, 6.07) is 9.98. The van der Waals surface area contributed by atoms with Gasteiger partial charge in [0.05, 0.1) is 23.4 Å². The second-order valence-electron chi connectivity index (χ2n) is 7.89. The Morgan fingerprint density at radius 2 is 1.90 bits per heavy atom. The minimum atomic E-state index is -3.89. The third-order valence-corrected chi connectivity index (χ3v) is 6.32. The molecule has 162 valence electrons. The predicted molar refractivity (Wildman–Crippen MR) is 117 cm³/mol. The van der Waals surface area contributed by atoms with Crippen LogP contribution in [-0.4, -0.2) is 34.1 Å². The van der Waals surface area contributed by atoms with Gasteiger partial charge in [-0.15, -0.1) is 0 Å². The van der Waals surface area contributed by atoms with Gasteiger partial charge in [-0.2, -0.15) is 0 Å². The Morgan fingerprint density at radius 1 is 1.17 bits per heavy atom. The van der Waals surface area contributed by atoms with E-state index >= 15 is 0 Å². The molecule has 0 aliphatic carbocycles. The first kappa shape index (κ1) is 22.0. The summed E-state index contributed by atoms with van der Waals surface area (Å²) in [5, 5.41) is 0. The molecule has 0 radical (unpaired) electrons. The van der Waals surface area contributed by atoms with E-state index in [9.17, 15) is 13.2 Å². The summed E-state index contributed by atoms with van der Waals surface area (Å²) >= 11 is 0. The lowest BCUT2D eigenvalue weighted by Crippen LogP contribution is -2.42. The Morgan fingerprint density at radius 3 is 2.57 bits per heavy atom. The lowest BCUT2D eigenvalue weighted by atomic mass is 9.93. The maximum Gasteiger partial charge on any atom is 0.265 e. The van der Waals surface area contributed by atoms with Gasteiger partial charge in [0.1, 0.15) is 23.0 Å². The van der Waals surface area contributed by atoms with E-state index in [0.717, 1.165) is 5.56 Å². The molecule has 0 saturated carbocycles. The molecule has 0 atom stereocenters. The van der Waals surface area contributed by atoms with Gasteiger partial charge in [-0.25, -0.2) is 8.42 Å². The molecule has 0 saturated heterocycles. The number of nitrogens with one attached hydrogen (secondary N) is 1. The molecule has 1 aliphatic heterocycles. The van der Waals surface area contributed by atoms with Gasteiger partial charge in [0.25, 0.3) is 10.0 Å². The molecule has 2 aromatic carbocycles. The van der Waals surface area contributed by atoms with Crippen molar-refractivity contribution in [1.29, 1.82) is 0 Å². The summed E-state index contributed by atoms with van der Waals surface area (Å²) in [7, 11) is -3.89. The third-order valence-electron chi connectivity index (χ3n) is 4.92. The van der Waals surface area contributed by atoms with E-state index in [0.29, 0.717) is 36.0 Å². The van der Waals surface area contributed by atoms with Gasteiger partial charge < -0.3 is 14.4 Å². The van der Waals surface area contributed by atoms with Gasteiger partial charge in [-0.05, 0) is 64.4 Å². The number of fused-ring (bicyclic) bond motifs is 1. The van der Waals surface area contributed by atoms with Crippen molar-refractivity contribution in [2.24, 2.45) is 5.41 Å². The van der Waals surface area contributed by atoms with Crippen LogP contribution in [0.4, 0.5) is 11.4 Å². The number of amides is 1. The van der Waals surface area contributed by atoms with Gasteiger partial charge in [0.15, 0.2) is 0 Å². The number of hydrogen-bond donors (Lipinski definition) is 1. The van der Waals surface area contributed by atoms with Crippen molar-refractivity contribution in [2.75, 3.05) is 29.4 Å². The lowest BCUT2D eigenvalue weighted by Gasteiger charge is -2.26. The van der Waals surface area contributed by atoms with Crippen LogP contribution >= 0.6 is 0 Å². The minimum absolute atomic E-state index is 0.0294. The van der Waals surface area contributed by atoms with Crippen molar-refractivity contribution in [1.82, 2.24) is 0 Å². The van der Waals surface area contributed by atoms with Crippen LogP contribution in [-0.2, 0) is 14.8 Å². The summed E-state index contributed by atoms with van der Waals surface area (Å²) in [6.45, 7) is 10.2. The number of aryl methyl sites for hydroxylation is 1. The zero-order chi connectivity index (χ0) is 22.1. The fourth-order valence-electron chi connectivity index (χ4n) is 3.33. The van der Waals surface area contributed by atoms with E-state index in [1.807, 2.05) is 27.7 Å². The molecule has 1 N–H and O–H groups in total. The second-order valence-corrected chi connectivity index (χ2v) is 9.54. The molecular formula is C22H28N2O5S. The molecule has 0 aromatic heterocycles. The van der Waals surface area contributed by atoms with Crippen LogP contribution < -0.4 is 19.1 Å². The zero-order valence-corrected chi connectivity index (χ0v) is 18.8. The Hall–Kier alpha value is -2.74. The largest absolute Gasteiger partial charge is 0.492 e. The Labute approximate surface area is 178 Å². The molecule has 1 heterocycles. The number of ether oxygens (including phenoxy) is 2. The molecular weight excluding hydrogens is 404 g/mol. The molecule has 3 rings (SSSR count). The fraction of sp³-hybridized carbons (Fsp3) is 0.409. The smallest absolute Gasteiger partial charge is 0.265 e. The van der Waals surface area contributed by atoms with Crippen molar-refractivity contribution >= 4 is 27.3 Å². The van der Waals surface area contributed by atoms with E-state index in [1.54, 1.807) is 48.2 Å². The Bertz CT molecular complexity index is 1060. The van der Waals surface area contributed by atoms with E-state index in [-0.39, 0.29) is 17.4 Å². The van der Waals surface area contributed by atoms with Crippen LogP contribution in [0.25, 0.3) is 0 Å². The lowest BCUT2D eigenvalue weighted by molar-refractivity contribution is -0.127. The minimum Gasteiger partial charge on any atom is -0.492 e. The third kappa shape index (κ3) is 4.23. The summed E-state index contributed by atoms with van der Waals surface area (Å²) in [5.74, 6) is 0.731. The number of benzene rings is 2. The van der Waals surface area contributed by atoms with Gasteiger partial charge >= 0.3 is 0 Å². The molecule has 8 heteroatoms. The molecule has 0 unspecified atom stereocenters. The van der Waals surface area contributed by atoms with E-state index in [1.165, 1.54) is 0 Å². The molecule has 2 aromatic rings. The first-order valence-corrected chi connectivity index (χ1v) is 11.4. The van der Waals surface area contributed by atoms with Crippen molar-refractivity contribution < 1.29 is 22.7 Å². The number of carbonyl (C=O) groups is 1. The number of anilines is 2. The number of carbonyl (C=O) groups excluding carboxylic acids is 1. The van der Waals surface area contributed by atoms with E-state index in [2.05, 4.69) is 4.72 Å². The van der Waals surface area contributed by atoms with Crippen LogP contribution in [0.5, 0.6) is 11.5 Å². The van der Waals surface area contributed by atoms with Crippen molar-refractivity contribution in [3.05, 3.63) is 42.0 Å². The first-order valence-electron chi connectivity index (χ1n) is 9.94. The molecule has 0 fully saturated rings. The van der Waals surface area contributed by atoms with Crippen LogP contribution in [0.1, 0.15) is 33.3 Å². The van der Waals surface area contributed by atoms with Crippen LogP contribution in [0, 0.1) is 12.3 Å². The topological polar surface area (TPSA) is 84.9 Å². The standard InChI is InChI=1S/C22H28N2O5S/c1-6-24-17-10-9-16(13-19(17)29-14-22(4,5)21(24)25)23-30(26,27)20-12-15(3)8-11-18(20)28-7-2/h8-13,23H,6-7,14H2,1-5H3. The molecule has 30 heavy (non-hydrogen) atoms. The Balaban J connectivity index is 1.97. The van der Waals surface area contributed by atoms with E-state index in [4.69, 9.17) is 9.47 Å². The van der Waals surface area contributed by atoms with Crippen molar-refractivity contribution in [2.45, 2.75) is 39.5 Å². The van der Waals surface area contributed by atoms with Gasteiger partial charge in [-0.1, -0.05) is 6.07 Å². The molecule has 7 nitrogen and oxygen atoms in total. The first-order chi connectivity index (χ1) is 14.1. The molecule has 1 aliphatic rings. The quantitative estimate of drug-likeness (QED) is 0.747. The SMILES string of the molecule is CCOc1ccc(C)cc1S(=O)(=O)Nc1ccc2c(c1)OCC(C)(C)C(=O)N2CC. The van der Waals surface area contributed by atoms with Gasteiger partial charge in [0.2, 0.25) is 5.91 Å². The monoisotopic (exact) mass is 432 g/mol. The number of nitrogens with zero attached hydrogens (tertiary/aromatic N) is 1. The summed E-state index contributed by atoms with van der Waals surface area (Å²) < 4.78 is 40.1. The fourth-order valence-corrected chi connectivity index (χ4v) is 4.62. The average molecular weight is 433 g/mol. The highest BCUT2D eigenvalue weighted by Gasteiger charge is 2.37. The molecule has 0 bridgehead atoms. The van der Waals surface area contributed by atoms with Gasteiger partial charge in [-0.3, -0.25) is 9.52 Å². The number of sulfonamides is 1. The maximum absolute atomic E-state index is 13.1. The van der Waals surface area contributed by atoms with E-state index < -0.39 is 15.4 Å². The average Bonchev–Trinajstić information content (AvgIpc) is 2.78. The number of hydrogen-bond acceptors (Lipinski definition) is 5. The van der Waals surface area contributed by atoms with Crippen molar-refractivity contribution in [3.8, 4) is 11.5 Å². The highest BCUT2D eigenvalue weighted by Crippen LogP contribution is 2.38. The maximum atomic E-state index is 13.1. The van der Waals surface area contributed by atoms with Crippen LogP contribution in [0.15, 0.2) is 41.3 Å². The highest BCUT2D eigenvalue weighted by atomic mass is 32.2. The molecule has 0 spiro atoms. The van der Waals surface area contributed by atoms with Crippen molar-refractivity contribution in [3.63, 3.8) is 0 Å². The summed E-state index contributed by atoms with van der Waals surface area (Å²) in [4.78, 5) is 14.5. The van der Waals surface area contributed by atoms with Crippen LogP contribution in [0.3, 0.4) is 0 Å². The summed E-state index contributed by atoms with van der Waals surface area (Å²) in [5.41, 5.74) is 1.11. The zero-order valence-electron chi connectivity index (χ0n) is 18.0. The Kier molecular flexibility index (Phi) is 5.99. The predicted octanol–water partition coefficient (Wildman–Crippen LogP) is 3.97. The summed E-state index contributed by atoms with van der Waals surface area (Å²) in [6.07, 6.45) is 0. The van der Waals surface area contributed by atoms with Gasteiger partial charge in [0, 0.05) is 12.6 Å². The second kappa shape index (κ2) is 8.18. The van der Waals surface area contributed by atoms with Crippen LogP contribution in [0.2, 0.25) is 0 Å². The number of rotatable bonds is 6. The highest BCUT2D eigenvalue weighted by molar-refractivity contribution is 7.92. The normalized spacial score (nSPS) is 15.8. The molecule has 1 amide bonds.